The third kappa shape index (κ3) is 3.16. The number of nitrogens with one attached hydrogen (secondary N) is 1. The molecule has 3 nitrogen and oxygen atoms in total. The zero-order valence-corrected chi connectivity index (χ0v) is 11.2. The molecule has 0 spiro atoms. The maximum absolute atomic E-state index is 14.1. The summed E-state index contributed by atoms with van der Waals surface area (Å²) in [6, 6.07) is 7.06. The summed E-state index contributed by atoms with van der Waals surface area (Å²) in [4.78, 5) is 4.06. The number of aryl methyl sites for hydroxylation is 2. The summed E-state index contributed by atoms with van der Waals surface area (Å²) in [5.74, 6) is 5.37. The monoisotopic (exact) mass is 259 g/mol. The van der Waals surface area contributed by atoms with Crippen molar-refractivity contribution in [1.29, 1.82) is 0 Å². The molecule has 0 aliphatic carbocycles. The normalized spacial score (nSPS) is 12.4. The van der Waals surface area contributed by atoms with Crippen LogP contribution in [-0.4, -0.2) is 4.98 Å². The highest BCUT2D eigenvalue weighted by Crippen LogP contribution is 2.25. The number of hydrogen-bond acceptors (Lipinski definition) is 3. The molecule has 0 radical (unpaired) electrons. The molecule has 2 aromatic rings. The molecule has 0 fully saturated rings. The maximum atomic E-state index is 14.1. The fourth-order valence-corrected chi connectivity index (χ4v) is 2.37. The first-order valence-corrected chi connectivity index (χ1v) is 6.23. The Morgan fingerprint density at radius 3 is 2.74 bits per heavy atom. The molecule has 1 atom stereocenters. The van der Waals surface area contributed by atoms with Crippen LogP contribution in [0.15, 0.2) is 36.7 Å². The van der Waals surface area contributed by atoms with E-state index in [0.29, 0.717) is 12.0 Å². The molecular weight excluding hydrogens is 241 g/mol. The Hall–Kier alpha value is -1.78. The number of pyridine rings is 1. The first-order valence-electron chi connectivity index (χ1n) is 6.23. The van der Waals surface area contributed by atoms with Crippen LogP contribution in [0, 0.1) is 19.7 Å². The van der Waals surface area contributed by atoms with Crippen molar-refractivity contribution in [2.75, 3.05) is 0 Å². The van der Waals surface area contributed by atoms with Crippen molar-refractivity contribution >= 4 is 0 Å². The van der Waals surface area contributed by atoms with Gasteiger partial charge in [-0.05, 0) is 49.1 Å². The van der Waals surface area contributed by atoms with Gasteiger partial charge in [0.05, 0.1) is 6.04 Å². The fourth-order valence-electron chi connectivity index (χ4n) is 2.37. The van der Waals surface area contributed by atoms with Gasteiger partial charge in [0, 0.05) is 18.0 Å². The molecule has 2 rings (SSSR count). The van der Waals surface area contributed by atoms with Gasteiger partial charge in [0.2, 0.25) is 0 Å². The lowest BCUT2D eigenvalue weighted by atomic mass is 9.94. The summed E-state index contributed by atoms with van der Waals surface area (Å²) in [7, 11) is 0. The SMILES string of the molecule is Cc1cc(C)c(C(Cc2cccnc2)NN)c(F)c1. The molecule has 4 heteroatoms. The van der Waals surface area contributed by atoms with Gasteiger partial charge in [-0.15, -0.1) is 0 Å². The van der Waals surface area contributed by atoms with E-state index < -0.39 is 0 Å². The minimum absolute atomic E-state index is 0.218. The largest absolute Gasteiger partial charge is 0.271 e. The van der Waals surface area contributed by atoms with Gasteiger partial charge in [0.25, 0.3) is 0 Å². The van der Waals surface area contributed by atoms with E-state index in [0.717, 1.165) is 16.7 Å². The molecule has 1 aromatic heterocycles. The zero-order valence-electron chi connectivity index (χ0n) is 11.2. The smallest absolute Gasteiger partial charge is 0.128 e. The molecule has 1 heterocycles. The third-order valence-corrected chi connectivity index (χ3v) is 3.19. The number of rotatable bonds is 4. The van der Waals surface area contributed by atoms with Crippen molar-refractivity contribution < 1.29 is 4.39 Å². The van der Waals surface area contributed by atoms with Crippen molar-refractivity contribution in [3.05, 3.63) is 64.7 Å². The molecule has 100 valence electrons. The summed E-state index contributed by atoms with van der Waals surface area (Å²) < 4.78 is 14.1. The Labute approximate surface area is 112 Å². The second kappa shape index (κ2) is 5.91. The third-order valence-electron chi connectivity index (χ3n) is 3.19. The van der Waals surface area contributed by atoms with Crippen LogP contribution < -0.4 is 11.3 Å². The van der Waals surface area contributed by atoms with Crippen LogP contribution in [0.1, 0.15) is 28.3 Å². The molecule has 0 aliphatic heterocycles. The predicted octanol–water partition coefficient (Wildman–Crippen LogP) is 2.58. The van der Waals surface area contributed by atoms with Gasteiger partial charge in [0.1, 0.15) is 5.82 Å². The number of hydrazine groups is 1. The first kappa shape index (κ1) is 13.6. The highest BCUT2D eigenvalue weighted by molar-refractivity contribution is 5.35. The Kier molecular flexibility index (Phi) is 4.24. The average molecular weight is 259 g/mol. The van der Waals surface area contributed by atoms with E-state index >= 15 is 0 Å². The summed E-state index contributed by atoms with van der Waals surface area (Å²) in [6.45, 7) is 3.78. The lowest BCUT2D eigenvalue weighted by molar-refractivity contribution is 0.507. The van der Waals surface area contributed by atoms with Gasteiger partial charge in [-0.1, -0.05) is 12.1 Å². The van der Waals surface area contributed by atoms with Crippen LogP contribution in [0.3, 0.4) is 0 Å². The van der Waals surface area contributed by atoms with E-state index in [4.69, 9.17) is 5.84 Å². The molecule has 0 amide bonds. The van der Waals surface area contributed by atoms with Gasteiger partial charge in [0.15, 0.2) is 0 Å². The van der Waals surface area contributed by atoms with Crippen LogP contribution >= 0.6 is 0 Å². The van der Waals surface area contributed by atoms with Gasteiger partial charge in [-0.3, -0.25) is 16.3 Å². The Balaban J connectivity index is 2.32. The molecule has 0 aliphatic rings. The highest BCUT2D eigenvalue weighted by Gasteiger charge is 2.18. The second-order valence-corrected chi connectivity index (χ2v) is 4.76. The number of benzene rings is 1. The molecule has 0 saturated heterocycles. The zero-order chi connectivity index (χ0) is 13.8. The van der Waals surface area contributed by atoms with Crippen molar-refractivity contribution in [3.8, 4) is 0 Å². The molecule has 0 saturated carbocycles. The Bertz CT molecular complexity index is 532. The van der Waals surface area contributed by atoms with E-state index in [-0.39, 0.29) is 11.9 Å². The van der Waals surface area contributed by atoms with E-state index in [1.807, 2.05) is 32.0 Å². The number of halogens is 1. The molecule has 3 N–H and O–H groups in total. The number of hydrogen-bond donors (Lipinski definition) is 2. The van der Waals surface area contributed by atoms with Crippen LogP contribution in [0.4, 0.5) is 4.39 Å². The Morgan fingerprint density at radius 2 is 2.16 bits per heavy atom. The molecule has 0 bridgehead atoms. The topological polar surface area (TPSA) is 50.9 Å². The van der Waals surface area contributed by atoms with Crippen molar-refractivity contribution in [1.82, 2.24) is 10.4 Å². The van der Waals surface area contributed by atoms with Crippen molar-refractivity contribution in [2.45, 2.75) is 26.3 Å². The molecule has 1 aromatic carbocycles. The lowest BCUT2D eigenvalue weighted by Crippen LogP contribution is -2.31. The standard InChI is InChI=1S/C15H18FN3/c1-10-6-11(2)15(13(16)7-10)14(19-17)8-12-4-3-5-18-9-12/h3-7,9,14,19H,8,17H2,1-2H3. The molecular formula is C15H18FN3. The minimum atomic E-state index is -0.259. The minimum Gasteiger partial charge on any atom is -0.271 e. The van der Waals surface area contributed by atoms with Gasteiger partial charge in [-0.25, -0.2) is 4.39 Å². The Morgan fingerprint density at radius 1 is 1.37 bits per heavy atom. The molecule has 1 unspecified atom stereocenters. The van der Waals surface area contributed by atoms with Crippen molar-refractivity contribution in [2.24, 2.45) is 5.84 Å². The predicted molar refractivity (Wildman–Crippen MR) is 73.9 cm³/mol. The quantitative estimate of drug-likeness (QED) is 0.655. The lowest BCUT2D eigenvalue weighted by Gasteiger charge is -2.19. The van der Waals surface area contributed by atoms with Crippen LogP contribution in [0.25, 0.3) is 0 Å². The summed E-state index contributed by atoms with van der Waals surface area (Å²) >= 11 is 0. The summed E-state index contributed by atoms with van der Waals surface area (Å²) in [5.41, 5.74) is 6.16. The highest BCUT2D eigenvalue weighted by atomic mass is 19.1. The van der Waals surface area contributed by atoms with Gasteiger partial charge >= 0.3 is 0 Å². The van der Waals surface area contributed by atoms with Crippen LogP contribution in [0.5, 0.6) is 0 Å². The average Bonchev–Trinajstić information content (AvgIpc) is 2.37. The number of aromatic nitrogens is 1. The van der Waals surface area contributed by atoms with E-state index in [9.17, 15) is 4.39 Å². The van der Waals surface area contributed by atoms with Crippen LogP contribution in [0.2, 0.25) is 0 Å². The van der Waals surface area contributed by atoms with Crippen molar-refractivity contribution in [3.63, 3.8) is 0 Å². The van der Waals surface area contributed by atoms with Gasteiger partial charge in [-0.2, -0.15) is 0 Å². The number of nitrogens with two attached hydrogens (primary N) is 1. The maximum Gasteiger partial charge on any atom is 0.128 e. The first-order chi connectivity index (χ1) is 9.11. The summed E-state index contributed by atoms with van der Waals surface area (Å²) in [6.07, 6.45) is 4.09. The van der Waals surface area contributed by atoms with E-state index in [1.54, 1.807) is 12.4 Å². The summed E-state index contributed by atoms with van der Waals surface area (Å²) in [5, 5.41) is 0. The fraction of sp³-hybridized carbons (Fsp3) is 0.267. The van der Waals surface area contributed by atoms with Crippen LogP contribution in [-0.2, 0) is 6.42 Å². The van der Waals surface area contributed by atoms with E-state index in [2.05, 4.69) is 10.4 Å². The molecule has 19 heavy (non-hydrogen) atoms. The van der Waals surface area contributed by atoms with E-state index in [1.165, 1.54) is 6.07 Å². The van der Waals surface area contributed by atoms with Gasteiger partial charge < -0.3 is 0 Å². The second-order valence-electron chi connectivity index (χ2n) is 4.76. The number of nitrogens with zero attached hydrogens (tertiary/aromatic N) is 1.